The summed E-state index contributed by atoms with van der Waals surface area (Å²) in [6, 6.07) is 6.59. The molecule has 0 amide bonds. The number of rotatable bonds is 5. The van der Waals surface area contributed by atoms with E-state index in [4.69, 9.17) is 9.84 Å². The van der Waals surface area contributed by atoms with Gasteiger partial charge in [0, 0.05) is 11.1 Å². The Morgan fingerprint density at radius 3 is 2.50 bits per heavy atom. The van der Waals surface area contributed by atoms with Gasteiger partial charge < -0.3 is 9.84 Å². The van der Waals surface area contributed by atoms with Crippen molar-refractivity contribution in [2.75, 3.05) is 6.61 Å². The van der Waals surface area contributed by atoms with Gasteiger partial charge in [0.05, 0.1) is 0 Å². The Bertz CT molecular complexity index is 404. The molecule has 1 N–H and O–H groups in total. The highest BCUT2D eigenvalue weighted by Crippen LogP contribution is 2.11. The van der Waals surface area contributed by atoms with E-state index in [0.717, 1.165) is 6.29 Å². The molecule has 0 aromatic heterocycles. The number of carbonyl (C=O) groups is 2. The molecule has 1 aromatic carbocycles. The average Bonchev–Trinajstić information content (AvgIpc) is 2.29. The lowest BCUT2D eigenvalue weighted by atomic mass is 10.2. The van der Waals surface area contributed by atoms with Crippen LogP contribution in [-0.4, -0.2) is 24.0 Å². The second kappa shape index (κ2) is 5.70. The third kappa shape index (κ3) is 3.57. The summed E-state index contributed by atoms with van der Waals surface area (Å²) in [5.41, 5.74) is 0.814. The lowest BCUT2D eigenvalue weighted by Gasteiger charge is -2.03. The van der Waals surface area contributed by atoms with Crippen LogP contribution < -0.4 is 4.74 Å². The monoisotopic (exact) mass is 220 g/mol. The number of hydrogen-bond donors (Lipinski definition) is 1. The van der Waals surface area contributed by atoms with Crippen molar-refractivity contribution >= 4 is 12.3 Å². The number of benzene rings is 1. The van der Waals surface area contributed by atoms with Crippen molar-refractivity contribution in [2.24, 2.45) is 0 Å². The Morgan fingerprint density at radius 1 is 1.38 bits per heavy atom. The van der Waals surface area contributed by atoms with Gasteiger partial charge in [0.25, 0.3) is 0 Å². The van der Waals surface area contributed by atoms with E-state index in [1.807, 2.05) is 0 Å². The third-order valence-electron chi connectivity index (χ3n) is 1.99. The van der Waals surface area contributed by atoms with Crippen LogP contribution in [0.25, 0.3) is 0 Å². The molecule has 0 bridgehead atoms. The highest BCUT2D eigenvalue weighted by molar-refractivity contribution is 5.85. The first kappa shape index (κ1) is 12.0. The van der Waals surface area contributed by atoms with Gasteiger partial charge in [-0.05, 0) is 37.3 Å². The second-order valence-corrected chi connectivity index (χ2v) is 3.19. The van der Waals surface area contributed by atoms with E-state index in [0.29, 0.717) is 11.3 Å². The van der Waals surface area contributed by atoms with E-state index in [9.17, 15) is 9.59 Å². The van der Waals surface area contributed by atoms with Crippen molar-refractivity contribution in [3.05, 3.63) is 41.5 Å². The Kier molecular flexibility index (Phi) is 4.27. The summed E-state index contributed by atoms with van der Waals surface area (Å²) < 4.78 is 5.27. The van der Waals surface area contributed by atoms with Gasteiger partial charge in [-0.1, -0.05) is 0 Å². The molecule has 0 unspecified atom stereocenters. The summed E-state index contributed by atoms with van der Waals surface area (Å²) in [4.78, 5) is 20.8. The van der Waals surface area contributed by atoms with Crippen LogP contribution in [0.1, 0.15) is 17.3 Å². The van der Waals surface area contributed by atoms with E-state index in [2.05, 4.69) is 0 Å². The molecule has 16 heavy (non-hydrogen) atoms. The summed E-state index contributed by atoms with van der Waals surface area (Å²) in [7, 11) is 0. The minimum absolute atomic E-state index is 0.193. The largest absolute Gasteiger partial charge is 0.490 e. The fraction of sp³-hybridized carbons (Fsp3) is 0.167. The van der Waals surface area contributed by atoms with Crippen LogP contribution in [0.15, 0.2) is 35.9 Å². The van der Waals surface area contributed by atoms with Crippen LogP contribution in [0.2, 0.25) is 0 Å². The average molecular weight is 220 g/mol. The van der Waals surface area contributed by atoms with Crippen LogP contribution in [-0.2, 0) is 4.79 Å². The topological polar surface area (TPSA) is 63.6 Å². The molecule has 1 rings (SSSR count). The van der Waals surface area contributed by atoms with Gasteiger partial charge in [0.2, 0.25) is 0 Å². The molecule has 0 aliphatic carbocycles. The first-order valence-electron chi connectivity index (χ1n) is 4.71. The van der Waals surface area contributed by atoms with E-state index >= 15 is 0 Å². The van der Waals surface area contributed by atoms with Crippen molar-refractivity contribution in [3.8, 4) is 5.75 Å². The van der Waals surface area contributed by atoms with Crippen molar-refractivity contribution in [1.82, 2.24) is 0 Å². The predicted molar refractivity (Wildman–Crippen MR) is 58.7 cm³/mol. The Balaban J connectivity index is 2.52. The molecule has 0 fully saturated rings. The SMILES string of the molecule is CC(=CCOc1ccc(C=O)cc1)C(=O)O. The van der Waals surface area contributed by atoms with Crippen LogP contribution in [0, 0.1) is 0 Å². The Hall–Kier alpha value is -2.10. The normalized spacial score (nSPS) is 10.9. The van der Waals surface area contributed by atoms with Gasteiger partial charge in [-0.25, -0.2) is 4.79 Å². The maximum absolute atomic E-state index is 10.5. The number of hydrogen-bond acceptors (Lipinski definition) is 3. The number of ether oxygens (including phenoxy) is 1. The van der Waals surface area contributed by atoms with Crippen molar-refractivity contribution in [2.45, 2.75) is 6.92 Å². The molecular formula is C12H12O4. The highest BCUT2D eigenvalue weighted by Gasteiger charge is 1.98. The van der Waals surface area contributed by atoms with Crippen LogP contribution in [0.4, 0.5) is 0 Å². The van der Waals surface area contributed by atoms with Gasteiger partial charge in [0.1, 0.15) is 18.6 Å². The number of aldehydes is 1. The first-order valence-corrected chi connectivity index (χ1v) is 4.71. The molecule has 0 radical (unpaired) electrons. The van der Waals surface area contributed by atoms with E-state index in [1.165, 1.54) is 13.0 Å². The molecule has 84 valence electrons. The summed E-state index contributed by atoms with van der Waals surface area (Å²) in [6.07, 6.45) is 2.23. The Morgan fingerprint density at radius 2 is 2.00 bits per heavy atom. The van der Waals surface area contributed by atoms with Gasteiger partial charge in [-0.2, -0.15) is 0 Å². The van der Waals surface area contributed by atoms with Crippen molar-refractivity contribution in [3.63, 3.8) is 0 Å². The smallest absolute Gasteiger partial charge is 0.331 e. The molecule has 0 saturated heterocycles. The standard InChI is InChI=1S/C12H12O4/c1-9(12(14)15)6-7-16-11-4-2-10(8-13)3-5-11/h2-6,8H,7H2,1H3,(H,14,15). The van der Waals surface area contributed by atoms with Gasteiger partial charge in [-0.3, -0.25) is 4.79 Å². The second-order valence-electron chi connectivity index (χ2n) is 3.19. The van der Waals surface area contributed by atoms with Crippen LogP contribution in [0.5, 0.6) is 5.75 Å². The van der Waals surface area contributed by atoms with Gasteiger partial charge in [0.15, 0.2) is 0 Å². The molecule has 1 aromatic rings. The molecule has 4 nitrogen and oxygen atoms in total. The molecule has 0 aliphatic rings. The zero-order chi connectivity index (χ0) is 12.0. The first-order chi connectivity index (χ1) is 7.63. The van der Waals surface area contributed by atoms with Gasteiger partial charge >= 0.3 is 5.97 Å². The fourth-order valence-electron chi connectivity index (χ4n) is 0.993. The van der Waals surface area contributed by atoms with Gasteiger partial charge in [-0.15, -0.1) is 0 Å². The Labute approximate surface area is 93.2 Å². The summed E-state index contributed by atoms with van der Waals surface area (Å²) in [5, 5.41) is 8.58. The lowest BCUT2D eigenvalue weighted by molar-refractivity contribution is -0.132. The van der Waals surface area contributed by atoms with Crippen LogP contribution >= 0.6 is 0 Å². The molecule has 4 heteroatoms. The number of aliphatic carboxylic acids is 1. The maximum atomic E-state index is 10.5. The quantitative estimate of drug-likeness (QED) is 0.608. The highest BCUT2D eigenvalue weighted by atomic mass is 16.5. The minimum Gasteiger partial charge on any atom is -0.490 e. The molecule has 0 heterocycles. The summed E-state index contributed by atoms with van der Waals surface area (Å²) in [6.45, 7) is 1.69. The lowest BCUT2D eigenvalue weighted by Crippen LogP contribution is -2.00. The van der Waals surface area contributed by atoms with Crippen molar-refractivity contribution in [1.29, 1.82) is 0 Å². The maximum Gasteiger partial charge on any atom is 0.331 e. The van der Waals surface area contributed by atoms with E-state index in [-0.39, 0.29) is 12.2 Å². The fourth-order valence-corrected chi connectivity index (χ4v) is 0.993. The zero-order valence-corrected chi connectivity index (χ0v) is 8.84. The minimum atomic E-state index is -0.958. The number of carboxylic acids is 1. The summed E-state index contributed by atoms with van der Waals surface area (Å²) >= 11 is 0. The van der Waals surface area contributed by atoms with Crippen molar-refractivity contribution < 1.29 is 19.4 Å². The predicted octanol–water partition coefficient (Wildman–Crippen LogP) is 1.91. The molecule has 0 saturated carbocycles. The zero-order valence-electron chi connectivity index (χ0n) is 8.84. The third-order valence-corrected chi connectivity index (χ3v) is 1.99. The molecule has 0 aliphatic heterocycles. The van der Waals surface area contributed by atoms with E-state index < -0.39 is 5.97 Å². The molecule has 0 spiro atoms. The number of carboxylic acid groups (broad SMARTS) is 1. The molecule has 0 atom stereocenters. The molecular weight excluding hydrogens is 208 g/mol. The van der Waals surface area contributed by atoms with E-state index in [1.54, 1.807) is 24.3 Å². The van der Waals surface area contributed by atoms with Crippen LogP contribution in [0.3, 0.4) is 0 Å². The summed E-state index contributed by atoms with van der Waals surface area (Å²) in [5.74, 6) is -0.361. The number of carbonyl (C=O) groups excluding carboxylic acids is 1.